The minimum Gasteiger partial charge on any atom is -0.310 e. The maximum Gasteiger partial charge on any atom is 0.0466 e. The number of benzene rings is 10. The Balaban J connectivity index is 0.757. The van der Waals surface area contributed by atoms with Crippen molar-refractivity contribution in [3.05, 3.63) is 274 Å². The number of nitrogens with zero attached hydrogens (tertiary/aromatic N) is 2. The summed E-state index contributed by atoms with van der Waals surface area (Å²) in [6.07, 6.45) is 4.41. The van der Waals surface area contributed by atoms with Gasteiger partial charge in [0.25, 0.3) is 0 Å². The number of rotatable bonds is 10. The maximum atomic E-state index is 2.41. The van der Waals surface area contributed by atoms with E-state index in [1.165, 1.54) is 112 Å². The van der Waals surface area contributed by atoms with E-state index >= 15 is 0 Å². The van der Waals surface area contributed by atoms with Crippen molar-refractivity contribution in [1.29, 1.82) is 0 Å². The Morgan fingerprint density at radius 3 is 0.919 bits per heavy atom. The first-order chi connectivity index (χ1) is 35.8. The van der Waals surface area contributed by atoms with Gasteiger partial charge in [0.05, 0.1) is 0 Å². The van der Waals surface area contributed by atoms with E-state index < -0.39 is 0 Å². The number of aryl methyl sites for hydroxylation is 4. The highest BCUT2D eigenvalue weighted by Gasteiger charge is 2.37. The Hall–Kier alpha value is -8.46. The summed E-state index contributed by atoms with van der Waals surface area (Å²) in [7, 11) is 0. The Morgan fingerprint density at radius 2 is 0.568 bits per heavy atom. The molecule has 2 aliphatic carbocycles. The van der Waals surface area contributed by atoms with Gasteiger partial charge >= 0.3 is 0 Å². The third-order valence-corrected chi connectivity index (χ3v) is 15.8. The van der Waals surface area contributed by atoms with Crippen molar-refractivity contribution < 1.29 is 0 Å². The fourth-order valence-electron chi connectivity index (χ4n) is 12.1. The molecule has 0 atom stereocenters. The Kier molecular flexibility index (Phi) is 11.5. The van der Waals surface area contributed by atoms with E-state index in [0.717, 1.165) is 22.5 Å². The molecule has 360 valence electrons. The van der Waals surface area contributed by atoms with E-state index in [9.17, 15) is 0 Å². The van der Waals surface area contributed by atoms with Crippen LogP contribution in [0, 0.1) is 27.7 Å². The Morgan fingerprint density at radius 1 is 0.270 bits per heavy atom. The molecule has 12 rings (SSSR count). The van der Waals surface area contributed by atoms with Crippen LogP contribution in [0.2, 0.25) is 0 Å². The van der Waals surface area contributed by atoms with E-state index in [0.29, 0.717) is 0 Å². The van der Waals surface area contributed by atoms with Crippen LogP contribution in [-0.2, 0) is 10.8 Å². The van der Waals surface area contributed by atoms with Gasteiger partial charge in [-0.1, -0.05) is 185 Å². The lowest BCUT2D eigenvalue weighted by atomic mass is 9.82. The van der Waals surface area contributed by atoms with Gasteiger partial charge in [0.2, 0.25) is 0 Å². The Bertz CT molecular complexity index is 3500. The predicted octanol–water partition coefficient (Wildman–Crippen LogP) is 20.0. The van der Waals surface area contributed by atoms with Crippen LogP contribution in [0.15, 0.2) is 218 Å². The summed E-state index contributed by atoms with van der Waals surface area (Å²) in [5, 5.41) is 0. The number of hydrogen-bond acceptors (Lipinski definition) is 2. The molecule has 74 heavy (non-hydrogen) atoms. The van der Waals surface area contributed by atoms with Crippen LogP contribution in [0.5, 0.6) is 0 Å². The Labute approximate surface area is 438 Å². The minimum atomic E-state index is -0.0798. The SMILES string of the molecule is Cc1cc(C)cc(N(c2ccc(-c3ccc(/C=C/c4ccc(-c5ccc(N(c6cc(C)cc(C)c6)c6ccc7c(c6)C(C)(C)c6ccccc6-7)cc5)cc4)cc3)cc2)c2ccc3c(c2)C(C)(C)c2ccccc2-3)c1. The van der Waals surface area contributed by atoms with Gasteiger partial charge in [0, 0.05) is 45.0 Å². The van der Waals surface area contributed by atoms with Crippen LogP contribution in [0.1, 0.15) is 83.3 Å². The summed E-state index contributed by atoms with van der Waals surface area (Å²) >= 11 is 0. The molecular formula is C72H62N2. The molecular weight excluding hydrogens is 893 g/mol. The topological polar surface area (TPSA) is 6.48 Å². The molecule has 0 bridgehead atoms. The summed E-state index contributed by atoms with van der Waals surface area (Å²) in [6.45, 7) is 18.2. The van der Waals surface area contributed by atoms with Gasteiger partial charge in [-0.05, 0) is 201 Å². The predicted molar refractivity (Wildman–Crippen MR) is 316 cm³/mol. The molecule has 0 N–H and O–H groups in total. The van der Waals surface area contributed by atoms with Crippen molar-refractivity contribution in [2.75, 3.05) is 9.80 Å². The first-order valence-electron chi connectivity index (χ1n) is 26.1. The van der Waals surface area contributed by atoms with Gasteiger partial charge in [-0.2, -0.15) is 0 Å². The van der Waals surface area contributed by atoms with E-state index in [1.54, 1.807) is 0 Å². The molecule has 2 heteroatoms. The largest absolute Gasteiger partial charge is 0.310 e. The zero-order chi connectivity index (χ0) is 50.9. The maximum absolute atomic E-state index is 2.41. The van der Waals surface area contributed by atoms with E-state index in [4.69, 9.17) is 0 Å². The third kappa shape index (κ3) is 8.35. The van der Waals surface area contributed by atoms with Crippen LogP contribution < -0.4 is 9.80 Å². The molecule has 2 aliphatic rings. The van der Waals surface area contributed by atoms with Crippen LogP contribution in [0.4, 0.5) is 34.1 Å². The highest BCUT2D eigenvalue weighted by Crippen LogP contribution is 2.52. The highest BCUT2D eigenvalue weighted by molar-refractivity contribution is 5.88. The van der Waals surface area contributed by atoms with Crippen molar-refractivity contribution >= 4 is 46.3 Å². The summed E-state index contributed by atoms with van der Waals surface area (Å²) in [5.74, 6) is 0. The smallest absolute Gasteiger partial charge is 0.0466 e. The molecule has 2 nitrogen and oxygen atoms in total. The fraction of sp³-hybridized carbons (Fsp3) is 0.139. The molecule has 0 radical (unpaired) electrons. The molecule has 10 aromatic rings. The number of fused-ring (bicyclic) bond motifs is 6. The second-order valence-electron chi connectivity index (χ2n) is 21.8. The van der Waals surface area contributed by atoms with Crippen LogP contribution in [0.25, 0.3) is 56.7 Å². The van der Waals surface area contributed by atoms with Gasteiger partial charge in [0.1, 0.15) is 0 Å². The highest BCUT2D eigenvalue weighted by atomic mass is 15.1. The quantitative estimate of drug-likeness (QED) is 0.126. The third-order valence-electron chi connectivity index (χ3n) is 15.8. The second kappa shape index (κ2) is 18.2. The lowest BCUT2D eigenvalue weighted by molar-refractivity contribution is 0.660. The number of anilines is 6. The molecule has 0 saturated carbocycles. The normalized spacial score (nSPS) is 13.6. The standard InChI is InChI=1S/C72H62N2/c1-47-39-48(2)42-61(41-47)73(59-35-37-65-63-13-9-11-15-67(63)71(5,6)69(65)45-59)57-31-27-55(28-32-57)53-23-19-51(20-24-53)17-18-52-21-25-54(26-22-52)56-29-33-58(34-30-56)74(62-43-49(3)40-50(4)44-62)60-36-38-66-64-14-10-12-16-68(64)72(7,8)70(66)46-60/h9-46H,1-8H3/b18-17+. The first kappa shape index (κ1) is 46.6. The van der Waals surface area contributed by atoms with E-state index in [1.807, 2.05) is 0 Å². The average molecular weight is 955 g/mol. The van der Waals surface area contributed by atoms with Crippen molar-refractivity contribution in [1.82, 2.24) is 0 Å². The second-order valence-corrected chi connectivity index (χ2v) is 21.8. The van der Waals surface area contributed by atoms with E-state index in [2.05, 4.69) is 296 Å². The molecule has 10 aromatic carbocycles. The van der Waals surface area contributed by atoms with Crippen molar-refractivity contribution in [3.63, 3.8) is 0 Å². The molecule has 0 aliphatic heterocycles. The van der Waals surface area contributed by atoms with Crippen molar-refractivity contribution in [3.8, 4) is 44.5 Å². The molecule has 0 heterocycles. The zero-order valence-corrected chi connectivity index (χ0v) is 43.8. The molecule has 0 amide bonds. The molecule has 0 saturated heterocycles. The van der Waals surface area contributed by atoms with Gasteiger partial charge in [0.15, 0.2) is 0 Å². The molecule has 0 aromatic heterocycles. The summed E-state index contributed by atoms with van der Waals surface area (Å²) in [4.78, 5) is 4.83. The summed E-state index contributed by atoms with van der Waals surface area (Å²) < 4.78 is 0. The van der Waals surface area contributed by atoms with Gasteiger partial charge < -0.3 is 9.80 Å². The van der Waals surface area contributed by atoms with Gasteiger partial charge in [-0.25, -0.2) is 0 Å². The molecule has 0 fully saturated rings. The van der Waals surface area contributed by atoms with E-state index in [-0.39, 0.29) is 10.8 Å². The molecule has 0 spiro atoms. The van der Waals surface area contributed by atoms with Gasteiger partial charge in [-0.15, -0.1) is 0 Å². The number of hydrogen-bond donors (Lipinski definition) is 0. The van der Waals surface area contributed by atoms with Gasteiger partial charge in [-0.3, -0.25) is 0 Å². The lowest BCUT2D eigenvalue weighted by Crippen LogP contribution is -2.16. The van der Waals surface area contributed by atoms with Crippen LogP contribution in [-0.4, -0.2) is 0 Å². The summed E-state index contributed by atoms with van der Waals surface area (Å²) in [6, 6.07) is 81.3. The first-order valence-corrected chi connectivity index (χ1v) is 26.1. The minimum absolute atomic E-state index is 0.0798. The van der Waals surface area contributed by atoms with Crippen LogP contribution >= 0.6 is 0 Å². The van der Waals surface area contributed by atoms with Crippen molar-refractivity contribution in [2.24, 2.45) is 0 Å². The molecule has 0 unspecified atom stereocenters. The zero-order valence-electron chi connectivity index (χ0n) is 43.8. The summed E-state index contributed by atoms with van der Waals surface area (Å²) in [5.41, 5.74) is 29.8. The van der Waals surface area contributed by atoms with Crippen LogP contribution in [0.3, 0.4) is 0 Å². The average Bonchev–Trinajstić information content (AvgIpc) is 3.80. The monoisotopic (exact) mass is 954 g/mol. The fourth-order valence-corrected chi connectivity index (χ4v) is 12.1. The van der Waals surface area contributed by atoms with Crippen molar-refractivity contribution in [2.45, 2.75) is 66.2 Å². The lowest BCUT2D eigenvalue weighted by Gasteiger charge is -2.29.